The maximum Gasteiger partial charge on any atom is -0.172 e. The van der Waals surface area contributed by atoms with E-state index < -0.39 is 0 Å². The molecule has 7 aromatic rings. The number of rotatable bonds is 13. The van der Waals surface area contributed by atoms with Gasteiger partial charge >= 0.3 is 112 Å². The van der Waals surface area contributed by atoms with Gasteiger partial charge in [-0.1, -0.05) is 127 Å². The smallest absolute Gasteiger partial charge is 0.172 e. The number of fused-ring (bicyclic) bond motifs is 8. The van der Waals surface area contributed by atoms with Gasteiger partial charge in [-0.3, -0.25) is 0 Å². The predicted molar refractivity (Wildman–Crippen MR) is 251 cm³/mol. The van der Waals surface area contributed by atoms with Crippen molar-refractivity contribution in [3.8, 4) is 11.1 Å². The molecule has 0 radical (unpaired) electrons. The van der Waals surface area contributed by atoms with E-state index in [0.717, 1.165) is 12.8 Å². The molecule has 1 aliphatic rings. The topological polar surface area (TPSA) is 0 Å². The molecule has 0 aliphatic heterocycles. The van der Waals surface area contributed by atoms with Gasteiger partial charge in [-0.2, -0.15) is 18.2 Å². The molecule has 0 N–H and O–H groups in total. The van der Waals surface area contributed by atoms with E-state index in [2.05, 4.69) is 139 Å². The average molecular weight is 911 g/mol. The van der Waals surface area contributed by atoms with Crippen molar-refractivity contribution in [3.63, 3.8) is 0 Å². The van der Waals surface area contributed by atoms with Crippen LogP contribution >= 0.6 is 0 Å². The van der Waals surface area contributed by atoms with Crippen molar-refractivity contribution in [3.05, 3.63) is 183 Å². The molecule has 0 heterocycles. The molecular weight excluding hydrogens is 847 g/mol. The average Bonchev–Trinajstić information content (AvgIpc) is 3.95. The van der Waals surface area contributed by atoms with Crippen molar-refractivity contribution in [1.82, 2.24) is 0 Å². The fraction of sp³-hybridized carbons (Fsp3) is 0.333. The van der Waals surface area contributed by atoms with Gasteiger partial charge in [0.1, 0.15) is 0 Å². The van der Waals surface area contributed by atoms with E-state index in [1.165, 1.54) is 186 Å². The first-order valence-corrected chi connectivity index (χ1v) is 23.3. The van der Waals surface area contributed by atoms with Crippen molar-refractivity contribution in [1.29, 1.82) is 0 Å². The summed E-state index contributed by atoms with van der Waals surface area (Å²) in [4.78, 5) is 0. The van der Waals surface area contributed by atoms with Gasteiger partial charge in [0.2, 0.25) is 0 Å². The van der Waals surface area contributed by atoms with Gasteiger partial charge in [0.05, 0.1) is 0 Å². The van der Waals surface area contributed by atoms with Crippen LogP contribution in [0.2, 0.25) is 0 Å². The van der Waals surface area contributed by atoms with Crippen LogP contribution < -0.4 is 24.8 Å². The van der Waals surface area contributed by atoms with Crippen LogP contribution in [0.4, 0.5) is 0 Å². The van der Waals surface area contributed by atoms with Gasteiger partial charge in [-0.25, -0.2) is 12.1 Å². The molecule has 8 rings (SSSR count). The Morgan fingerprint density at radius 3 is 1.68 bits per heavy atom. The molecule has 0 saturated carbocycles. The molecule has 3 heteroatoms. The minimum absolute atomic E-state index is 0. The summed E-state index contributed by atoms with van der Waals surface area (Å²) in [6.07, 6.45) is 16.1. The Morgan fingerprint density at radius 2 is 1.13 bits per heavy atom. The van der Waals surface area contributed by atoms with Gasteiger partial charge in [0.25, 0.3) is 0 Å². The Labute approximate surface area is 390 Å². The third kappa shape index (κ3) is 12.1. The van der Waals surface area contributed by atoms with Crippen molar-refractivity contribution in [2.24, 2.45) is 0 Å². The molecule has 312 valence electrons. The zero-order valence-electron chi connectivity index (χ0n) is 37.2. The van der Waals surface area contributed by atoms with E-state index in [-0.39, 0.29) is 24.8 Å². The Bertz CT molecular complexity index is 2350. The second-order valence-electron chi connectivity index (χ2n) is 16.7. The van der Waals surface area contributed by atoms with Crippen molar-refractivity contribution in [2.45, 2.75) is 126 Å². The molecule has 0 saturated heterocycles. The Balaban J connectivity index is 0.000000285. The number of aryl methyl sites for hydroxylation is 6. The first-order valence-electron chi connectivity index (χ1n) is 22.1. The summed E-state index contributed by atoms with van der Waals surface area (Å²) in [5.41, 5.74) is 18.3. The minimum atomic E-state index is 0. The van der Waals surface area contributed by atoms with Gasteiger partial charge in [-0.05, 0) is 65.3 Å². The third-order valence-electron chi connectivity index (χ3n) is 12.4. The molecule has 0 fully saturated rings. The summed E-state index contributed by atoms with van der Waals surface area (Å²) in [7, 11) is 0. The third-order valence-corrected chi connectivity index (χ3v) is 13.9. The van der Waals surface area contributed by atoms with E-state index in [9.17, 15) is 0 Å². The maximum absolute atomic E-state index is 4.04. The van der Waals surface area contributed by atoms with E-state index >= 15 is 0 Å². The molecule has 0 aromatic heterocycles. The first kappa shape index (κ1) is 49.2. The monoisotopic (exact) mass is 908 g/mol. The fourth-order valence-electron chi connectivity index (χ4n) is 8.64. The molecule has 0 spiro atoms. The number of hydrogen-bond donors (Lipinski definition) is 0. The summed E-state index contributed by atoms with van der Waals surface area (Å²) in [6.45, 7) is 15.8. The molecule has 60 heavy (non-hydrogen) atoms. The summed E-state index contributed by atoms with van der Waals surface area (Å²) >= 11 is 1.46. The summed E-state index contributed by atoms with van der Waals surface area (Å²) < 4.78 is 1.42. The number of unbranched alkanes of at least 4 members (excludes halogenated alkanes) is 9. The standard InChI is InChI=1S/C37H45.C15H14.C5H5.2ClH.Zr/c1-6-7-8-9-10-11-12-13-14-15-18-29-23-33-34-24-30-19-16-17-20-31(30)37(34)32-22-21-25(2)26(3)35(32)36(33)28(5)27(29)4;1-12-3-7-14(8-4-12)11-15-9-5-13(2)6-10-15;1-2-4-5-3-1;;;/h16-17,19-22H,6-15,18,24H2,1-5H3;3-10H,1-2H3;1-5H;2*1H;/q-1;;-1;;;+2/p-2. The molecule has 7 aromatic carbocycles. The molecule has 1 aliphatic carbocycles. The van der Waals surface area contributed by atoms with E-state index in [4.69, 9.17) is 0 Å². The first-order chi connectivity index (χ1) is 28.2. The van der Waals surface area contributed by atoms with Crippen LogP contribution in [0.1, 0.15) is 132 Å². The summed E-state index contributed by atoms with van der Waals surface area (Å²) in [5.74, 6) is 0. The molecule has 0 nitrogen and oxygen atoms in total. The zero-order valence-corrected chi connectivity index (χ0v) is 41.2. The normalized spacial score (nSPS) is 11.1. The van der Waals surface area contributed by atoms with Gasteiger partial charge < -0.3 is 24.8 Å². The molecule has 0 atom stereocenters. The molecule has 0 bridgehead atoms. The summed E-state index contributed by atoms with van der Waals surface area (Å²) in [5, 5.41) is 5.71. The largest absolute Gasteiger partial charge is 1.00 e. The van der Waals surface area contributed by atoms with Crippen molar-refractivity contribution < 1.29 is 49.0 Å². The van der Waals surface area contributed by atoms with E-state index in [1.54, 1.807) is 0 Å². The Kier molecular flexibility index (Phi) is 19.9. The van der Waals surface area contributed by atoms with Gasteiger partial charge in [0.15, 0.2) is 0 Å². The maximum atomic E-state index is 4.04. The Morgan fingerprint density at radius 1 is 0.583 bits per heavy atom. The van der Waals surface area contributed by atoms with Crippen LogP contribution in [0.25, 0.3) is 32.7 Å². The number of hydrogen-bond acceptors (Lipinski definition) is 0. The summed E-state index contributed by atoms with van der Waals surface area (Å²) in [6, 6.07) is 45.3. The minimum Gasteiger partial charge on any atom is -1.00 e. The molecule has 0 unspecified atom stereocenters. The van der Waals surface area contributed by atoms with E-state index in [0.29, 0.717) is 0 Å². The fourth-order valence-corrected chi connectivity index (χ4v) is 9.46. The van der Waals surface area contributed by atoms with Crippen LogP contribution in [-0.2, 0) is 37.1 Å². The van der Waals surface area contributed by atoms with Crippen LogP contribution in [0.3, 0.4) is 0 Å². The number of halogens is 2. The number of benzene rings is 6. The molecule has 0 amide bonds. The SMILES string of the molecule is CCCCCCCCCCCCc1[c-]c2c3c(c4ccc(C)c(C)c4c2c(C)c1C)-c1ccccc1C3.Cc1ccc([C](=[Zr+2])c2ccc(C)cc2)cc1.[Cl-].[Cl-].c1cc[cH-]c1. The zero-order chi connectivity index (χ0) is 41.0. The Hall–Kier alpha value is -3.48. The van der Waals surface area contributed by atoms with Crippen molar-refractivity contribution >= 4 is 24.8 Å². The van der Waals surface area contributed by atoms with Crippen LogP contribution in [0, 0.1) is 47.6 Å². The quantitative estimate of drug-likeness (QED) is 0.0615. The van der Waals surface area contributed by atoms with E-state index in [1.807, 2.05) is 30.3 Å². The van der Waals surface area contributed by atoms with Gasteiger partial charge in [0, 0.05) is 0 Å². The van der Waals surface area contributed by atoms with Crippen LogP contribution in [-0.4, -0.2) is 3.21 Å². The van der Waals surface area contributed by atoms with Crippen molar-refractivity contribution in [2.75, 3.05) is 0 Å². The second-order valence-corrected chi connectivity index (χ2v) is 18.0. The van der Waals surface area contributed by atoms with Crippen LogP contribution in [0.15, 0.2) is 115 Å². The molecular formula is C57H64Cl2Zr-2. The second kappa shape index (κ2) is 24.2. The van der Waals surface area contributed by atoms with Crippen LogP contribution in [0.5, 0.6) is 0 Å². The van der Waals surface area contributed by atoms with Gasteiger partial charge in [-0.15, -0.1) is 33.7 Å². The predicted octanol–water partition coefficient (Wildman–Crippen LogP) is 9.89.